The largest absolute Gasteiger partial charge is 0.332 e. The maximum Gasteiger partial charge on any atom is 0.332 e. The molecular weight excluding hydrogens is 366 g/mol. The van der Waals surface area contributed by atoms with Crippen LogP contribution < -0.4 is 16.1 Å². The fourth-order valence-electron chi connectivity index (χ4n) is 4.15. The average Bonchev–Trinajstić information content (AvgIpc) is 3.11. The molecule has 2 aromatic heterocycles. The van der Waals surface area contributed by atoms with E-state index >= 15 is 0 Å². The van der Waals surface area contributed by atoms with Gasteiger partial charge in [0.25, 0.3) is 5.56 Å². The molecule has 0 bridgehead atoms. The van der Waals surface area contributed by atoms with Gasteiger partial charge < -0.3 is 9.47 Å². The van der Waals surface area contributed by atoms with E-state index < -0.39 is 0 Å². The summed E-state index contributed by atoms with van der Waals surface area (Å²) in [5.74, 6) is 1.09. The van der Waals surface area contributed by atoms with Gasteiger partial charge in [0, 0.05) is 32.4 Å². The van der Waals surface area contributed by atoms with Crippen molar-refractivity contribution in [2.45, 2.75) is 53.1 Å². The Labute approximate surface area is 170 Å². The molecule has 0 fully saturated rings. The van der Waals surface area contributed by atoms with Gasteiger partial charge in [-0.05, 0) is 36.5 Å². The Bertz CT molecular complexity index is 1150. The molecular formula is C22H29N5O2. The monoisotopic (exact) mass is 395 g/mol. The Morgan fingerprint density at radius 1 is 1.10 bits per heavy atom. The van der Waals surface area contributed by atoms with Crippen LogP contribution in [0.1, 0.15) is 39.2 Å². The van der Waals surface area contributed by atoms with Crippen molar-refractivity contribution >= 4 is 22.8 Å². The van der Waals surface area contributed by atoms with Gasteiger partial charge in [-0.3, -0.25) is 13.9 Å². The summed E-state index contributed by atoms with van der Waals surface area (Å²) < 4.78 is 4.88. The van der Waals surface area contributed by atoms with Gasteiger partial charge in [0.1, 0.15) is 0 Å². The van der Waals surface area contributed by atoms with Crippen molar-refractivity contribution in [3.05, 3.63) is 50.7 Å². The van der Waals surface area contributed by atoms with Crippen LogP contribution in [0.4, 0.5) is 11.6 Å². The van der Waals surface area contributed by atoms with Gasteiger partial charge in [-0.2, -0.15) is 4.98 Å². The molecule has 7 nitrogen and oxygen atoms in total. The van der Waals surface area contributed by atoms with E-state index in [4.69, 9.17) is 4.98 Å². The normalized spacial score (nSPS) is 16.4. The van der Waals surface area contributed by atoms with E-state index in [2.05, 4.69) is 49.9 Å². The Kier molecular flexibility index (Phi) is 5.06. The van der Waals surface area contributed by atoms with Gasteiger partial charge in [-0.1, -0.05) is 39.3 Å². The molecule has 29 heavy (non-hydrogen) atoms. The van der Waals surface area contributed by atoms with Crippen LogP contribution in [-0.4, -0.2) is 25.2 Å². The number of hydrogen-bond acceptors (Lipinski definition) is 4. The van der Waals surface area contributed by atoms with Crippen LogP contribution in [0, 0.1) is 5.92 Å². The van der Waals surface area contributed by atoms with Crippen molar-refractivity contribution < 1.29 is 0 Å². The molecule has 0 aliphatic carbocycles. The lowest BCUT2D eigenvalue weighted by Crippen LogP contribution is -2.40. The predicted molar refractivity (Wildman–Crippen MR) is 116 cm³/mol. The van der Waals surface area contributed by atoms with Crippen LogP contribution in [-0.2, 0) is 26.6 Å². The summed E-state index contributed by atoms with van der Waals surface area (Å²) in [5.41, 5.74) is 2.81. The van der Waals surface area contributed by atoms with E-state index in [-0.39, 0.29) is 11.2 Å². The highest BCUT2D eigenvalue weighted by Crippen LogP contribution is 2.32. The number of rotatable bonds is 5. The zero-order valence-corrected chi connectivity index (χ0v) is 17.7. The minimum atomic E-state index is -0.293. The first-order valence-corrected chi connectivity index (χ1v) is 10.5. The third-order valence-electron chi connectivity index (χ3n) is 5.83. The average molecular weight is 396 g/mol. The van der Waals surface area contributed by atoms with Crippen molar-refractivity contribution in [2.75, 3.05) is 11.4 Å². The Morgan fingerprint density at radius 3 is 2.48 bits per heavy atom. The highest BCUT2D eigenvalue weighted by molar-refractivity contribution is 5.77. The van der Waals surface area contributed by atoms with Crippen LogP contribution in [0.3, 0.4) is 0 Å². The minimum absolute atomic E-state index is 0.231. The number of aromatic nitrogens is 4. The first-order chi connectivity index (χ1) is 14.0. The lowest BCUT2D eigenvalue weighted by molar-refractivity contribution is 0.457. The molecule has 0 saturated heterocycles. The maximum atomic E-state index is 13.2. The Morgan fingerprint density at radius 2 is 1.83 bits per heavy atom. The van der Waals surface area contributed by atoms with E-state index in [0.717, 1.165) is 44.0 Å². The van der Waals surface area contributed by atoms with Gasteiger partial charge in [0.2, 0.25) is 5.95 Å². The van der Waals surface area contributed by atoms with E-state index in [9.17, 15) is 9.59 Å². The number of nitrogens with zero attached hydrogens (tertiary/aromatic N) is 5. The molecule has 3 heterocycles. The van der Waals surface area contributed by atoms with Crippen LogP contribution in [0.15, 0.2) is 33.9 Å². The van der Waals surface area contributed by atoms with Gasteiger partial charge >= 0.3 is 5.69 Å². The summed E-state index contributed by atoms with van der Waals surface area (Å²) in [6.45, 7) is 8.36. The molecule has 0 N–H and O–H groups in total. The lowest BCUT2D eigenvalue weighted by atomic mass is 10.1. The number of hydrogen-bond donors (Lipinski definition) is 0. The second-order valence-corrected chi connectivity index (χ2v) is 8.08. The highest BCUT2D eigenvalue weighted by Gasteiger charge is 2.29. The van der Waals surface area contributed by atoms with Gasteiger partial charge in [-0.25, -0.2) is 4.79 Å². The van der Waals surface area contributed by atoms with Crippen LogP contribution in [0.2, 0.25) is 0 Å². The van der Waals surface area contributed by atoms with Crippen molar-refractivity contribution in [1.82, 2.24) is 18.7 Å². The topological polar surface area (TPSA) is 65.1 Å². The number of aryl methyl sites for hydroxylation is 2. The smallest absolute Gasteiger partial charge is 0.312 e. The second kappa shape index (κ2) is 7.54. The van der Waals surface area contributed by atoms with Crippen LogP contribution >= 0.6 is 0 Å². The first-order valence-electron chi connectivity index (χ1n) is 10.5. The minimum Gasteiger partial charge on any atom is -0.312 e. The Hall–Kier alpha value is -2.83. The van der Waals surface area contributed by atoms with Crippen molar-refractivity contribution in [2.24, 2.45) is 13.0 Å². The fourth-order valence-corrected chi connectivity index (χ4v) is 4.15. The molecule has 4 rings (SSSR count). The summed E-state index contributed by atoms with van der Waals surface area (Å²) in [7, 11) is 1.70. The third-order valence-corrected chi connectivity index (χ3v) is 5.83. The quantitative estimate of drug-likeness (QED) is 0.666. The molecule has 0 unspecified atom stereocenters. The number of anilines is 2. The summed E-state index contributed by atoms with van der Waals surface area (Å²) in [5, 5.41) is 0. The van der Waals surface area contributed by atoms with Crippen LogP contribution in [0.25, 0.3) is 11.2 Å². The molecule has 0 saturated carbocycles. The molecule has 0 radical (unpaired) electrons. The molecule has 1 aliphatic rings. The SMILES string of the molecule is CCCCn1c(=O)c2c(nc3n2C[C@@H](C)CN3c2ccc(CC)cc2)n(C)c1=O. The maximum absolute atomic E-state index is 13.2. The van der Waals surface area contributed by atoms with E-state index in [1.807, 2.05) is 4.57 Å². The zero-order valence-electron chi connectivity index (χ0n) is 17.7. The Balaban J connectivity index is 1.93. The van der Waals surface area contributed by atoms with E-state index in [0.29, 0.717) is 23.6 Å². The summed E-state index contributed by atoms with van der Waals surface area (Å²) >= 11 is 0. The van der Waals surface area contributed by atoms with Gasteiger partial charge in [0.05, 0.1) is 0 Å². The second-order valence-electron chi connectivity index (χ2n) is 8.08. The third kappa shape index (κ3) is 3.18. The van der Waals surface area contributed by atoms with E-state index in [1.54, 1.807) is 7.05 Å². The van der Waals surface area contributed by atoms with E-state index in [1.165, 1.54) is 14.7 Å². The lowest BCUT2D eigenvalue weighted by Gasteiger charge is -2.33. The standard InChI is InChI=1S/C22H29N5O2/c1-5-7-12-25-20(28)18-19(24(4)22(25)29)23-21-26(13-15(3)14-27(18)21)17-10-8-16(6-2)9-11-17/h8-11,15H,5-7,12-14H2,1-4H3/t15-/m0/s1. The first kappa shape index (κ1) is 19.5. The molecule has 3 aromatic rings. The number of benzene rings is 1. The summed E-state index contributed by atoms with van der Waals surface area (Å²) in [6, 6.07) is 8.49. The van der Waals surface area contributed by atoms with Gasteiger partial charge in [-0.15, -0.1) is 0 Å². The van der Waals surface area contributed by atoms with Crippen molar-refractivity contribution in [1.29, 1.82) is 0 Å². The molecule has 0 spiro atoms. The molecule has 1 aromatic carbocycles. The van der Waals surface area contributed by atoms with Crippen molar-refractivity contribution in [3.63, 3.8) is 0 Å². The highest BCUT2D eigenvalue weighted by atomic mass is 16.2. The molecule has 7 heteroatoms. The number of unbranched alkanes of at least 4 members (excludes halogenated alkanes) is 1. The zero-order chi connectivity index (χ0) is 20.7. The fraction of sp³-hybridized carbons (Fsp3) is 0.500. The van der Waals surface area contributed by atoms with Crippen LogP contribution in [0.5, 0.6) is 0 Å². The number of fused-ring (bicyclic) bond motifs is 3. The summed E-state index contributed by atoms with van der Waals surface area (Å²) in [6.07, 6.45) is 2.72. The van der Waals surface area contributed by atoms with Gasteiger partial charge in [0.15, 0.2) is 11.2 Å². The molecule has 0 amide bonds. The van der Waals surface area contributed by atoms with Crippen molar-refractivity contribution in [3.8, 4) is 0 Å². The number of imidazole rings is 1. The molecule has 1 aliphatic heterocycles. The summed E-state index contributed by atoms with van der Waals surface area (Å²) in [4.78, 5) is 32.9. The molecule has 1 atom stereocenters. The predicted octanol–water partition coefficient (Wildman–Crippen LogP) is 3.05. The molecule has 154 valence electrons.